The fourth-order valence-electron chi connectivity index (χ4n) is 4.13. The highest BCUT2D eigenvalue weighted by Gasteiger charge is 2.43. The van der Waals surface area contributed by atoms with Crippen LogP contribution in [0.4, 0.5) is 0 Å². The summed E-state index contributed by atoms with van der Waals surface area (Å²) in [6.45, 7) is 15.9. The average Bonchev–Trinajstić information content (AvgIpc) is 3.31. The van der Waals surface area contributed by atoms with Gasteiger partial charge in [0, 0.05) is 50.3 Å². The lowest BCUT2D eigenvalue weighted by atomic mass is 9.98. The Morgan fingerprint density at radius 1 is 0.905 bits per heavy atom. The predicted octanol–water partition coefficient (Wildman–Crippen LogP) is 1.65. The Morgan fingerprint density at radius 2 is 1.67 bits per heavy atom. The van der Waals surface area contributed by atoms with Gasteiger partial charge in [0.1, 0.15) is 0 Å². The summed E-state index contributed by atoms with van der Waals surface area (Å²) in [6, 6.07) is 3.36. The van der Waals surface area contributed by atoms with Gasteiger partial charge in [-0.15, -0.1) is 0 Å². The molecule has 0 spiro atoms. The second-order valence-electron chi connectivity index (χ2n) is 7.60. The number of hydrogen-bond acceptors (Lipinski definition) is 4. The number of ether oxygens (including phenoxy) is 1. The van der Waals surface area contributed by atoms with E-state index in [0.29, 0.717) is 24.2 Å². The molecular formula is C17H33N3O. The van der Waals surface area contributed by atoms with Crippen molar-refractivity contribution in [2.75, 3.05) is 39.4 Å². The monoisotopic (exact) mass is 295 g/mol. The Hall–Kier alpha value is -0.160. The van der Waals surface area contributed by atoms with Gasteiger partial charge in [-0.1, -0.05) is 0 Å². The van der Waals surface area contributed by atoms with Gasteiger partial charge in [-0.3, -0.25) is 14.7 Å². The molecule has 1 aliphatic carbocycles. The molecule has 3 aliphatic rings. The number of morpholine rings is 1. The maximum Gasteiger partial charge on any atom is 0.0638 e. The van der Waals surface area contributed by atoms with Crippen LogP contribution in [-0.2, 0) is 4.74 Å². The van der Waals surface area contributed by atoms with E-state index in [9.17, 15) is 0 Å². The van der Waals surface area contributed by atoms with Crippen molar-refractivity contribution in [2.24, 2.45) is 0 Å². The first-order valence-electron chi connectivity index (χ1n) is 8.91. The van der Waals surface area contributed by atoms with Gasteiger partial charge in [-0.05, 0) is 40.5 Å². The van der Waals surface area contributed by atoms with E-state index >= 15 is 0 Å². The van der Waals surface area contributed by atoms with Crippen LogP contribution in [0.15, 0.2) is 0 Å². The topological polar surface area (TPSA) is 19.0 Å². The molecule has 3 fully saturated rings. The fraction of sp³-hybridized carbons (Fsp3) is 1.00. The standard InChI is InChI=1S/C17H33N3O/c1-13(2)18-7-8-20(15-5-6-15)16(11-18)17-12-21-10-9-19(17)14(3)4/h13-17H,5-12H2,1-4H3. The molecule has 0 radical (unpaired) electrons. The van der Waals surface area contributed by atoms with Gasteiger partial charge >= 0.3 is 0 Å². The van der Waals surface area contributed by atoms with Gasteiger partial charge in [0.15, 0.2) is 0 Å². The van der Waals surface area contributed by atoms with Crippen molar-refractivity contribution in [2.45, 2.75) is 70.7 Å². The Labute approximate surface area is 130 Å². The molecule has 0 N–H and O–H groups in total. The lowest BCUT2D eigenvalue weighted by Gasteiger charge is -2.51. The molecule has 2 unspecified atom stereocenters. The van der Waals surface area contributed by atoms with Gasteiger partial charge in [0.25, 0.3) is 0 Å². The third kappa shape index (κ3) is 3.44. The number of rotatable bonds is 4. The van der Waals surface area contributed by atoms with Gasteiger partial charge in [-0.25, -0.2) is 0 Å². The highest BCUT2D eigenvalue weighted by Crippen LogP contribution is 2.33. The Balaban J connectivity index is 1.76. The first-order valence-corrected chi connectivity index (χ1v) is 8.91. The molecule has 0 amide bonds. The molecule has 3 rings (SSSR count). The minimum Gasteiger partial charge on any atom is -0.378 e. The molecule has 4 heteroatoms. The summed E-state index contributed by atoms with van der Waals surface area (Å²) in [5, 5.41) is 0. The Bertz CT molecular complexity index is 343. The Morgan fingerprint density at radius 3 is 2.29 bits per heavy atom. The van der Waals surface area contributed by atoms with Crippen molar-refractivity contribution in [1.29, 1.82) is 0 Å². The van der Waals surface area contributed by atoms with Gasteiger partial charge in [0.2, 0.25) is 0 Å². The third-order valence-corrected chi connectivity index (χ3v) is 5.56. The number of nitrogens with zero attached hydrogens (tertiary/aromatic N) is 3. The van der Waals surface area contributed by atoms with Crippen LogP contribution >= 0.6 is 0 Å². The molecule has 4 nitrogen and oxygen atoms in total. The van der Waals surface area contributed by atoms with Crippen molar-refractivity contribution in [3.05, 3.63) is 0 Å². The van der Waals surface area contributed by atoms with E-state index in [1.807, 2.05) is 0 Å². The first-order chi connectivity index (χ1) is 10.1. The van der Waals surface area contributed by atoms with E-state index in [-0.39, 0.29) is 0 Å². The lowest BCUT2D eigenvalue weighted by Crippen LogP contribution is -2.66. The van der Waals surface area contributed by atoms with E-state index in [1.165, 1.54) is 32.5 Å². The molecule has 1 saturated carbocycles. The van der Waals surface area contributed by atoms with Crippen LogP contribution in [0.25, 0.3) is 0 Å². The average molecular weight is 295 g/mol. The van der Waals surface area contributed by atoms with Crippen LogP contribution in [-0.4, -0.2) is 84.3 Å². The smallest absolute Gasteiger partial charge is 0.0638 e. The van der Waals surface area contributed by atoms with Crippen molar-refractivity contribution in [1.82, 2.24) is 14.7 Å². The van der Waals surface area contributed by atoms with Crippen LogP contribution in [0.3, 0.4) is 0 Å². The molecule has 21 heavy (non-hydrogen) atoms. The summed E-state index contributed by atoms with van der Waals surface area (Å²) < 4.78 is 5.87. The quantitative estimate of drug-likeness (QED) is 0.785. The summed E-state index contributed by atoms with van der Waals surface area (Å²) in [6.07, 6.45) is 2.82. The molecule has 0 aromatic carbocycles. The molecule has 0 aromatic rings. The van der Waals surface area contributed by atoms with Crippen molar-refractivity contribution in [3.8, 4) is 0 Å². The summed E-state index contributed by atoms with van der Waals surface area (Å²) in [5.41, 5.74) is 0. The Kier molecular flexibility index (Phi) is 4.89. The molecule has 2 aliphatic heterocycles. The highest BCUT2D eigenvalue weighted by atomic mass is 16.5. The van der Waals surface area contributed by atoms with Crippen LogP contribution < -0.4 is 0 Å². The lowest BCUT2D eigenvalue weighted by molar-refractivity contribution is -0.0786. The van der Waals surface area contributed by atoms with Crippen LogP contribution in [0.1, 0.15) is 40.5 Å². The largest absolute Gasteiger partial charge is 0.378 e. The van der Waals surface area contributed by atoms with Crippen LogP contribution in [0.5, 0.6) is 0 Å². The second-order valence-corrected chi connectivity index (χ2v) is 7.60. The highest BCUT2D eigenvalue weighted by molar-refractivity contribution is 5.00. The summed E-state index contributed by atoms with van der Waals surface area (Å²) >= 11 is 0. The van der Waals surface area contributed by atoms with E-state index in [4.69, 9.17) is 4.74 Å². The van der Waals surface area contributed by atoms with Crippen molar-refractivity contribution in [3.63, 3.8) is 0 Å². The van der Waals surface area contributed by atoms with E-state index in [1.54, 1.807) is 0 Å². The molecule has 2 saturated heterocycles. The summed E-state index contributed by atoms with van der Waals surface area (Å²) in [7, 11) is 0. The number of piperazine rings is 1. The molecule has 122 valence electrons. The van der Waals surface area contributed by atoms with E-state index < -0.39 is 0 Å². The predicted molar refractivity (Wildman–Crippen MR) is 86.7 cm³/mol. The number of hydrogen-bond donors (Lipinski definition) is 0. The molecule has 0 bridgehead atoms. The van der Waals surface area contributed by atoms with Crippen molar-refractivity contribution >= 4 is 0 Å². The SMILES string of the molecule is CC(C)N1CCN(C2CC2)C(C2COCCN2C(C)C)C1. The summed E-state index contributed by atoms with van der Waals surface area (Å²) in [5.74, 6) is 0. The summed E-state index contributed by atoms with van der Waals surface area (Å²) in [4.78, 5) is 8.16. The minimum atomic E-state index is 0.570. The maximum absolute atomic E-state index is 5.87. The molecule has 2 atom stereocenters. The van der Waals surface area contributed by atoms with Crippen LogP contribution in [0, 0.1) is 0 Å². The van der Waals surface area contributed by atoms with Gasteiger partial charge < -0.3 is 4.74 Å². The fourth-order valence-corrected chi connectivity index (χ4v) is 4.13. The third-order valence-electron chi connectivity index (χ3n) is 5.56. The molecule has 2 heterocycles. The molecule has 0 aromatic heterocycles. The normalized spacial score (nSPS) is 34.0. The van der Waals surface area contributed by atoms with E-state index in [0.717, 1.165) is 25.8 Å². The van der Waals surface area contributed by atoms with Gasteiger partial charge in [-0.2, -0.15) is 0 Å². The zero-order chi connectivity index (χ0) is 15.0. The van der Waals surface area contributed by atoms with Crippen molar-refractivity contribution < 1.29 is 4.74 Å². The van der Waals surface area contributed by atoms with Crippen LogP contribution in [0.2, 0.25) is 0 Å². The zero-order valence-corrected chi connectivity index (χ0v) is 14.3. The second kappa shape index (κ2) is 6.53. The van der Waals surface area contributed by atoms with E-state index in [2.05, 4.69) is 42.4 Å². The molecular weight excluding hydrogens is 262 g/mol. The first kappa shape index (κ1) is 15.7. The minimum absolute atomic E-state index is 0.570. The maximum atomic E-state index is 5.87. The van der Waals surface area contributed by atoms with Gasteiger partial charge in [0.05, 0.1) is 19.3 Å². The zero-order valence-electron chi connectivity index (χ0n) is 14.3.